The highest BCUT2D eigenvalue weighted by molar-refractivity contribution is 7.16. The third-order valence-electron chi connectivity index (χ3n) is 4.83. The molecule has 0 amide bonds. The molecule has 0 radical (unpaired) electrons. The molecule has 4 aromatic rings. The summed E-state index contributed by atoms with van der Waals surface area (Å²) in [6.45, 7) is 0. The molecule has 0 bridgehead atoms. The van der Waals surface area contributed by atoms with Gasteiger partial charge < -0.3 is 4.42 Å². The lowest BCUT2D eigenvalue weighted by molar-refractivity contribution is 0.554. The first-order chi connectivity index (χ1) is 12.9. The van der Waals surface area contributed by atoms with Gasteiger partial charge in [-0.05, 0) is 12.1 Å². The minimum atomic E-state index is -1.44. The van der Waals surface area contributed by atoms with Crippen LogP contribution < -0.4 is 16.4 Å². The predicted octanol–water partition coefficient (Wildman–Crippen LogP) is 3.34. The van der Waals surface area contributed by atoms with Gasteiger partial charge in [-0.25, -0.2) is 0 Å². The van der Waals surface area contributed by atoms with Crippen molar-refractivity contribution in [1.29, 1.82) is 0 Å². The topological polar surface area (TPSA) is 13.1 Å². The van der Waals surface area contributed by atoms with E-state index in [0.717, 1.165) is 0 Å². The van der Waals surface area contributed by atoms with Gasteiger partial charge in [0.05, 0.1) is 6.26 Å². The van der Waals surface area contributed by atoms with E-state index in [-0.39, 0.29) is 0 Å². The Bertz CT molecular complexity index is 915. The number of furan rings is 1. The molecule has 0 N–H and O–H groups in total. The fraction of sp³-hybridized carbons (Fsp3) is 0. The summed E-state index contributed by atoms with van der Waals surface area (Å²) in [4.78, 5) is 0. The van der Waals surface area contributed by atoms with E-state index in [0.29, 0.717) is 5.76 Å². The van der Waals surface area contributed by atoms with Crippen molar-refractivity contribution in [2.45, 2.75) is 0 Å². The Morgan fingerprint density at radius 2 is 1.00 bits per heavy atom. The lowest BCUT2D eigenvalue weighted by Crippen LogP contribution is -2.66. The van der Waals surface area contributed by atoms with Gasteiger partial charge in [-0.3, -0.25) is 5.82 Å². The molecular formula is C24H18BO-. The van der Waals surface area contributed by atoms with Gasteiger partial charge in [-0.15, -0.1) is 0 Å². The second kappa shape index (κ2) is 7.21. The minimum Gasteiger partial charge on any atom is -0.456 e. The van der Waals surface area contributed by atoms with Crippen molar-refractivity contribution in [3.63, 3.8) is 0 Å². The van der Waals surface area contributed by atoms with Crippen molar-refractivity contribution >= 4 is 22.5 Å². The average molecular weight is 333 g/mol. The minimum absolute atomic E-state index is 0.680. The molecular weight excluding hydrogens is 315 g/mol. The summed E-state index contributed by atoms with van der Waals surface area (Å²) in [6.07, 6.45) is 0.218. The number of hydrogen-bond acceptors (Lipinski definition) is 1. The first-order valence-electron chi connectivity index (χ1n) is 8.78. The Labute approximate surface area is 154 Å². The second-order valence-corrected chi connectivity index (χ2v) is 6.34. The zero-order valence-electron chi connectivity index (χ0n) is 14.4. The second-order valence-electron chi connectivity index (χ2n) is 6.34. The van der Waals surface area contributed by atoms with Gasteiger partial charge in [-0.2, -0.15) is 16.4 Å². The normalized spacial score (nSPS) is 10.8. The zero-order chi connectivity index (χ0) is 17.7. The van der Waals surface area contributed by atoms with Crippen molar-refractivity contribution in [3.05, 3.63) is 115 Å². The smallest absolute Gasteiger partial charge is 0.172 e. The molecule has 3 aromatic carbocycles. The molecule has 0 saturated heterocycles. The predicted molar refractivity (Wildman–Crippen MR) is 110 cm³/mol. The van der Waals surface area contributed by atoms with E-state index in [1.54, 1.807) is 6.26 Å². The number of hydrogen-bond donors (Lipinski definition) is 0. The Balaban J connectivity index is 2.03. The molecule has 1 aromatic heterocycles. The van der Waals surface area contributed by atoms with Gasteiger partial charge in [0.25, 0.3) is 0 Å². The zero-order valence-corrected chi connectivity index (χ0v) is 14.4. The van der Waals surface area contributed by atoms with Crippen LogP contribution in [0.15, 0.2) is 114 Å². The lowest BCUT2D eigenvalue weighted by atomic mass is 9.16. The van der Waals surface area contributed by atoms with Crippen LogP contribution in [0.25, 0.3) is 0 Å². The van der Waals surface area contributed by atoms with Gasteiger partial charge in [0.1, 0.15) is 6.15 Å². The van der Waals surface area contributed by atoms with Crippen molar-refractivity contribution in [2.24, 2.45) is 0 Å². The summed E-state index contributed by atoms with van der Waals surface area (Å²) in [5, 5.41) is 0. The van der Waals surface area contributed by atoms with E-state index in [9.17, 15) is 0 Å². The third kappa shape index (κ3) is 2.96. The van der Waals surface area contributed by atoms with Crippen molar-refractivity contribution in [1.82, 2.24) is 0 Å². The van der Waals surface area contributed by atoms with Crippen LogP contribution in [0.5, 0.6) is 0 Å². The van der Waals surface area contributed by atoms with Crippen LogP contribution >= 0.6 is 0 Å². The molecule has 1 nitrogen and oxygen atoms in total. The summed E-state index contributed by atoms with van der Waals surface area (Å²) >= 11 is 0. The first-order valence-corrected chi connectivity index (χ1v) is 8.78. The maximum Gasteiger partial charge on any atom is 0.172 e. The molecule has 124 valence electrons. The van der Waals surface area contributed by atoms with E-state index in [4.69, 9.17) is 4.42 Å². The number of rotatable bonds is 3. The highest BCUT2D eigenvalue weighted by Crippen LogP contribution is 2.08. The number of benzene rings is 3. The molecule has 0 aliphatic rings. The van der Waals surface area contributed by atoms with E-state index in [1.807, 2.05) is 30.3 Å². The molecule has 0 spiro atoms. The summed E-state index contributed by atoms with van der Waals surface area (Å²) in [5.41, 5.74) is 3.59. The molecule has 0 aliphatic carbocycles. The quantitative estimate of drug-likeness (QED) is 0.414. The van der Waals surface area contributed by atoms with Crippen molar-refractivity contribution in [3.8, 4) is 11.7 Å². The average Bonchev–Trinajstić information content (AvgIpc) is 3.25. The molecule has 26 heavy (non-hydrogen) atoms. The van der Waals surface area contributed by atoms with Gasteiger partial charge in [-0.1, -0.05) is 96.9 Å². The lowest BCUT2D eigenvalue weighted by Gasteiger charge is -2.38. The highest BCUT2D eigenvalue weighted by Gasteiger charge is 2.27. The Hall–Kier alpha value is -3.44. The van der Waals surface area contributed by atoms with E-state index >= 15 is 0 Å². The molecule has 4 rings (SSSR count). The Kier molecular flexibility index (Phi) is 4.45. The van der Waals surface area contributed by atoms with Crippen LogP contribution in [0.2, 0.25) is 0 Å². The van der Waals surface area contributed by atoms with Crippen molar-refractivity contribution < 1.29 is 4.42 Å². The van der Waals surface area contributed by atoms with E-state index in [1.165, 1.54) is 16.4 Å². The van der Waals surface area contributed by atoms with E-state index in [2.05, 4.69) is 84.5 Å². The largest absolute Gasteiger partial charge is 0.456 e. The maximum atomic E-state index is 5.47. The molecule has 0 saturated carbocycles. The van der Waals surface area contributed by atoms with Crippen LogP contribution in [-0.2, 0) is 0 Å². The SMILES string of the molecule is C(#C[B-](c1ccccc1)(c1ccccc1)c1ccccc1)c1ccco1. The monoisotopic (exact) mass is 333 g/mol. The van der Waals surface area contributed by atoms with Crippen LogP contribution in [0.3, 0.4) is 0 Å². The maximum absolute atomic E-state index is 5.47. The van der Waals surface area contributed by atoms with Gasteiger partial charge >= 0.3 is 0 Å². The fourth-order valence-corrected chi connectivity index (χ4v) is 3.58. The summed E-state index contributed by atoms with van der Waals surface area (Å²) < 4.78 is 5.47. The summed E-state index contributed by atoms with van der Waals surface area (Å²) in [5.74, 6) is 7.56. The molecule has 0 aliphatic heterocycles. The first kappa shape index (κ1) is 16.1. The Morgan fingerprint density at radius 1 is 0.538 bits per heavy atom. The van der Waals surface area contributed by atoms with Crippen molar-refractivity contribution in [2.75, 3.05) is 0 Å². The highest BCUT2D eigenvalue weighted by atomic mass is 16.3. The third-order valence-corrected chi connectivity index (χ3v) is 4.83. The van der Waals surface area contributed by atoms with Gasteiger partial charge in [0.15, 0.2) is 5.76 Å². The molecule has 0 fully saturated rings. The fourth-order valence-electron chi connectivity index (χ4n) is 3.58. The Morgan fingerprint density at radius 3 is 1.38 bits per heavy atom. The summed E-state index contributed by atoms with van der Waals surface area (Å²) in [7, 11) is 0. The molecule has 0 unspecified atom stereocenters. The molecule has 2 heteroatoms. The van der Waals surface area contributed by atoms with Crippen LogP contribution in [0.4, 0.5) is 0 Å². The van der Waals surface area contributed by atoms with Crippen LogP contribution in [-0.4, -0.2) is 6.15 Å². The standard InChI is InChI=1S/C24H18BO/c1-4-11-21(12-5-1)25(22-13-6-2-7-14-22,23-15-8-3-9-16-23)19-18-24-17-10-20-26-24/h1-17,20H/q-1. The van der Waals surface area contributed by atoms with Crippen LogP contribution in [0, 0.1) is 11.7 Å². The van der Waals surface area contributed by atoms with Gasteiger partial charge in [0, 0.05) is 0 Å². The molecule has 1 heterocycles. The molecule has 0 atom stereocenters. The van der Waals surface area contributed by atoms with Gasteiger partial charge in [0.2, 0.25) is 0 Å². The van der Waals surface area contributed by atoms with Crippen LogP contribution in [0.1, 0.15) is 5.76 Å². The summed E-state index contributed by atoms with van der Waals surface area (Å²) in [6, 6.07) is 35.3. The van der Waals surface area contributed by atoms with E-state index < -0.39 is 6.15 Å².